The molecule has 5 nitrogen and oxygen atoms in total. The molecule has 0 saturated carbocycles. The lowest BCUT2D eigenvalue weighted by molar-refractivity contribution is 0.102. The number of aromatic nitrogens is 2. The largest absolute Gasteiger partial charge is 0.364 e. The van der Waals surface area contributed by atoms with Crippen molar-refractivity contribution >= 4 is 17.4 Å². The Labute approximate surface area is 151 Å². The van der Waals surface area contributed by atoms with Gasteiger partial charge in [-0.05, 0) is 42.3 Å². The fraction of sp³-hybridized carbons (Fsp3) is 0.150. The molecule has 0 aliphatic heterocycles. The Morgan fingerprint density at radius 2 is 1.77 bits per heavy atom. The number of aryl methyl sites for hydroxylation is 1. The molecule has 132 valence electrons. The minimum absolute atomic E-state index is 0.209. The predicted molar refractivity (Wildman–Crippen MR) is 99.5 cm³/mol. The maximum absolute atomic E-state index is 13.6. The van der Waals surface area contributed by atoms with Gasteiger partial charge in [0.15, 0.2) is 5.69 Å². The zero-order valence-electron chi connectivity index (χ0n) is 14.4. The number of carbonyl (C=O) groups is 1. The Kier molecular flexibility index (Phi) is 5.53. The van der Waals surface area contributed by atoms with Gasteiger partial charge in [0.1, 0.15) is 11.6 Å². The van der Waals surface area contributed by atoms with E-state index in [1.54, 1.807) is 30.3 Å². The lowest BCUT2D eigenvalue weighted by Crippen LogP contribution is -2.15. The van der Waals surface area contributed by atoms with Gasteiger partial charge in [0, 0.05) is 17.8 Å². The number of hydrogen-bond donors (Lipinski definition) is 2. The van der Waals surface area contributed by atoms with Gasteiger partial charge in [0.2, 0.25) is 0 Å². The average molecular weight is 350 g/mol. The second kappa shape index (κ2) is 8.20. The standard InChI is InChI=1S/C20H19FN4O/c1-2-14-7-9-16(10-8-14)23-20(26)18-11-12-19(25-24-18)22-13-15-5-3-4-6-17(15)21/h3-12H,2,13H2,1H3,(H,22,25)(H,23,26). The summed E-state index contributed by atoms with van der Waals surface area (Å²) in [6.45, 7) is 2.36. The summed E-state index contributed by atoms with van der Waals surface area (Å²) in [5.74, 6) is -0.141. The van der Waals surface area contributed by atoms with Crippen LogP contribution >= 0.6 is 0 Å². The summed E-state index contributed by atoms with van der Waals surface area (Å²) in [5, 5.41) is 13.7. The lowest BCUT2D eigenvalue weighted by Gasteiger charge is -2.07. The van der Waals surface area contributed by atoms with E-state index in [9.17, 15) is 9.18 Å². The van der Waals surface area contributed by atoms with Gasteiger partial charge in [0.05, 0.1) is 0 Å². The number of nitrogens with one attached hydrogen (secondary N) is 2. The molecule has 0 radical (unpaired) electrons. The summed E-state index contributed by atoms with van der Waals surface area (Å²) < 4.78 is 13.6. The lowest BCUT2D eigenvalue weighted by atomic mass is 10.1. The van der Waals surface area contributed by atoms with Crippen LogP contribution in [0.4, 0.5) is 15.9 Å². The molecule has 3 aromatic rings. The van der Waals surface area contributed by atoms with E-state index in [1.165, 1.54) is 11.6 Å². The molecule has 0 saturated heterocycles. The van der Waals surface area contributed by atoms with E-state index in [4.69, 9.17) is 0 Å². The van der Waals surface area contributed by atoms with Gasteiger partial charge < -0.3 is 10.6 Å². The molecular weight excluding hydrogens is 331 g/mol. The third-order valence-electron chi connectivity index (χ3n) is 3.94. The third-order valence-corrected chi connectivity index (χ3v) is 3.94. The zero-order valence-corrected chi connectivity index (χ0v) is 14.4. The van der Waals surface area contributed by atoms with Crippen LogP contribution in [0.1, 0.15) is 28.5 Å². The Morgan fingerprint density at radius 1 is 1.00 bits per heavy atom. The average Bonchev–Trinajstić information content (AvgIpc) is 2.68. The Balaban J connectivity index is 1.59. The Bertz CT molecular complexity index is 879. The summed E-state index contributed by atoms with van der Waals surface area (Å²) in [6.07, 6.45) is 0.945. The van der Waals surface area contributed by atoms with E-state index in [0.717, 1.165) is 6.42 Å². The topological polar surface area (TPSA) is 66.9 Å². The first-order valence-electron chi connectivity index (χ1n) is 8.37. The minimum atomic E-state index is -0.331. The van der Waals surface area contributed by atoms with Crippen molar-refractivity contribution in [3.8, 4) is 0 Å². The van der Waals surface area contributed by atoms with Crippen LogP contribution in [0.15, 0.2) is 60.7 Å². The van der Waals surface area contributed by atoms with Crippen LogP contribution in [-0.4, -0.2) is 16.1 Å². The van der Waals surface area contributed by atoms with Gasteiger partial charge >= 0.3 is 0 Å². The first-order chi connectivity index (χ1) is 12.7. The summed E-state index contributed by atoms with van der Waals surface area (Å²) in [7, 11) is 0. The van der Waals surface area contributed by atoms with Crippen molar-refractivity contribution in [3.05, 3.63) is 83.3 Å². The van der Waals surface area contributed by atoms with Crippen LogP contribution < -0.4 is 10.6 Å². The summed E-state index contributed by atoms with van der Waals surface area (Å²) in [5.41, 5.74) is 2.65. The number of hydrogen-bond acceptors (Lipinski definition) is 4. The van der Waals surface area contributed by atoms with Gasteiger partial charge in [-0.2, -0.15) is 0 Å². The van der Waals surface area contributed by atoms with Crippen molar-refractivity contribution < 1.29 is 9.18 Å². The van der Waals surface area contributed by atoms with Crippen molar-refractivity contribution in [2.75, 3.05) is 10.6 Å². The molecule has 0 unspecified atom stereocenters. The van der Waals surface area contributed by atoms with Crippen LogP contribution in [-0.2, 0) is 13.0 Å². The summed E-state index contributed by atoms with van der Waals surface area (Å²) in [6, 6.07) is 17.4. The van der Waals surface area contributed by atoms with Gasteiger partial charge in [0.25, 0.3) is 5.91 Å². The monoisotopic (exact) mass is 350 g/mol. The zero-order chi connectivity index (χ0) is 18.4. The molecule has 1 aromatic heterocycles. The van der Waals surface area contributed by atoms with E-state index in [0.29, 0.717) is 17.1 Å². The highest BCUT2D eigenvalue weighted by Crippen LogP contribution is 2.12. The number of nitrogens with zero attached hydrogens (tertiary/aromatic N) is 2. The van der Waals surface area contributed by atoms with E-state index in [2.05, 4.69) is 27.8 Å². The van der Waals surface area contributed by atoms with Gasteiger partial charge in [-0.3, -0.25) is 4.79 Å². The van der Waals surface area contributed by atoms with Gasteiger partial charge in [-0.1, -0.05) is 37.3 Å². The fourth-order valence-corrected chi connectivity index (χ4v) is 2.39. The highest BCUT2D eigenvalue weighted by atomic mass is 19.1. The van der Waals surface area contributed by atoms with Crippen LogP contribution in [0.25, 0.3) is 0 Å². The molecule has 2 aromatic carbocycles. The smallest absolute Gasteiger partial charge is 0.276 e. The fourth-order valence-electron chi connectivity index (χ4n) is 2.39. The molecule has 2 N–H and O–H groups in total. The molecule has 0 aliphatic rings. The predicted octanol–water partition coefficient (Wildman–Crippen LogP) is 4.04. The van der Waals surface area contributed by atoms with Crippen molar-refractivity contribution in [3.63, 3.8) is 0 Å². The molecule has 0 atom stereocenters. The van der Waals surface area contributed by atoms with Crippen molar-refractivity contribution in [1.29, 1.82) is 0 Å². The van der Waals surface area contributed by atoms with Crippen molar-refractivity contribution in [1.82, 2.24) is 10.2 Å². The maximum Gasteiger partial charge on any atom is 0.276 e. The number of amides is 1. The van der Waals surface area contributed by atoms with Crippen LogP contribution in [0, 0.1) is 5.82 Å². The molecule has 1 amide bonds. The Morgan fingerprint density at radius 3 is 2.42 bits per heavy atom. The first kappa shape index (κ1) is 17.5. The van der Waals surface area contributed by atoms with Crippen molar-refractivity contribution in [2.45, 2.75) is 19.9 Å². The minimum Gasteiger partial charge on any atom is -0.364 e. The van der Waals surface area contributed by atoms with Crippen molar-refractivity contribution in [2.24, 2.45) is 0 Å². The molecule has 3 rings (SSSR count). The second-order valence-electron chi connectivity index (χ2n) is 5.75. The van der Waals surface area contributed by atoms with Crippen LogP contribution in [0.3, 0.4) is 0 Å². The number of carbonyl (C=O) groups excluding carboxylic acids is 1. The summed E-state index contributed by atoms with van der Waals surface area (Å²) >= 11 is 0. The van der Waals surface area contributed by atoms with Crippen LogP contribution in [0.5, 0.6) is 0 Å². The number of benzene rings is 2. The van der Waals surface area contributed by atoms with Gasteiger partial charge in [-0.15, -0.1) is 10.2 Å². The van der Waals surface area contributed by atoms with E-state index >= 15 is 0 Å². The Hall–Kier alpha value is -3.28. The maximum atomic E-state index is 13.6. The highest BCUT2D eigenvalue weighted by molar-refractivity contribution is 6.02. The first-order valence-corrected chi connectivity index (χ1v) is 8.37. The SMILES string of the molecule is CCc1ccc(NC(=O)c2ccc(NCc3ccccc3F)nn2)cc1. The van der Waals surface area contributed by atoms with Crippen LogP contribution in [0.2, 0.25) is 0 Å². The van der Waals surface area contributed by atoms with E-state index in [1.807, 2.05) is 24.3 Å². The van der Waals surface area contributed by atoms with E-state index < -0.39 is 0 Å². The molecular formula is C20H19FN4O. The second-order valence-corrected chi connectivity index (χ2v) is 5.75. The molecule has 26 heavy (non-hydrogen) atoms. The molecule has 6 heteroatoms. The molecule has 0 aliphatic carbocycles. The van der Waals surface area contributed by atoms with E-state index in [-0.39, 0.29) is 24.0 Å². The normalized spacial score (nSPS) is 10.4. The quantitative estimate of drug-likeness (QED) is 0.704. The number of halogens is 1. The molecule has 1 heterocycles. The molecule has 0 fully saturated rings. The molecule has 0 spiro atoms. The van der Waals surface area contributed by atoms with Gasteiger partial charge in [-0.25, -0.2) is 4.39 Å². The third kappa shape index (κ3) is 4.42. The highest BCUT2D eigenvalue weighted by Gasteiger charge is 2.09. The number of rotatable bonds is 6. The summed E-state index contributed by atoms with van der Waals surface area (Å²) in [4.78, 5) is 12.2. The molecule has 0 bridgehead atoms. The number of anilines is 2.